The fourth-order valence-corrected chi connectivity index (χ4v) is 3.21. The maximum atomic E-state index is 10.2. The van der Waals surface area contributed by atoms with Gasteiger partial charge in [0.05, 0.1) is 12.8 Å². The van der Waals surface area contributed by atoms with Gasteiger partial charge in [0, 0.05) is 39.3 Å². The van der Waals surface area contributed by atoms with E-state index in [2.05, 4.69) is 63.5 Å². The molecule has 1 atom stereocenters. The van der Waals surface area contributed by atoms with Crippen LogP contribution in [0, 0.1) is 0 Å². The van der Waals surface area contributed by atoms with Gasteiger partial charge in [-0.1, -0.05) is 42.5 Å². The highest BCUT2D eigenvalue weighted by Crippen LogP contribution is 2.13. The van der Waals surface area contributed by atoms with Gasteiger partial charge in [-0.3, -0.25) is 4.90 Å². The molecule has 3 rings (SSSR count). The Morgan fingerprint density at radius 1 is 1.17 bits per heavy atom. The number of nitrogens with one attached hydrogen (secondary N) is 1. The second kappa shape index (κ2) is 12.7. The van der Waals surface area contributed by atoms with E-state index in [4.69, 9.17) is 4.42 Å². The van der Waals surface area contributed by atoms with Crippen LogP contribution in [0.3, 0.4) is 0 Å². The van der Waals surface area contributed by atoms with Crippen molar-refractivity contribution in [1.29, 1.82) is 0 Å². The monoisotopic (exact) mass is 510 g/mol. The number of rotatable bonds is 7. The summed E-state index contributed by atoms with van der Waals surface area (Å²) in [5.74, 6) is 1.40. The number of halogens is 1. The van der Waals surface area contributed by atoms with Crippen molar-refractivity contribution in [2.45, 2.75) is 13.0 Å². The standard InChI is InChI=1S/C22H30N4O2.HI/c1-2-23-22(24-18-20(27)21-11-7-17-28-21)26-15-13-25(14-16-26)12-6-10-19-8-4-3-5-9-19;/h3-11,17,20,27H,2,12-16,18H2,1H3,(H,23,24);1H/b10-6+;. The average Bonchev–Trinajstić information content (AvgIpc) is 3.27. The van der Waals surface area contributed by atoms with Gasteiger partial charge in [0.25, 0.3) is 0 Å². The smallest absolute Gasteiger partial charge is 0.194 e. The first-order valence-corrected chi connectivity index (χ1v) is 9.95. The van der Waals surface area contributed by atoms with E-state index in [0.29, 0.717) is 5.76 Å². The Labute approximate surface area is 190 Å². The molecule has 29 heavy (non-hydrogen) atoms. The van der Waals surface area contributed by atoms with Crippen molar-refractivity contribution in [1.82, 2.24) is 15.1 Å². The van der Waals surface area contributed by atoms with Gasteiger partial charge in [0.1, 0.15) is 11.9 Å². The predicted octanol–water partition coefficient (Wildman–Crippen LogP) is 3.23. The van der Waals surface area contributed by atoms with Crippen molar-refractivity contribution in [3.05, 3.63) is 66.1 Å². The van der Waals surface area contributed by atoms with Crippen LogP contribution >= 0.6 is 24.0 Å². The van der Waals surface area contributed by atoms with Crippen LogP contribution in [0.25, 0.3) is 6.08 Å². The van der Waals surface area contributed by atoms with Crippen LogP contribution in [0.1, 0.15) is 24.4 Å². The first-order valence-electron chi connectivity index (χ1n) is 9.95. The Balaban J connectivity index is 0.00000300. The molecule has 6 nitrogen and oxygen atoms in total. The van der Waals surface area contributed by atoms with Gasteiger partial charge in [-0.2, -0.15) is 0 Å². The molecule has 1 fully saturated rings. The van der Waals surface area contributed by atoms with E-state index in [1.54, 1.807) is 18.4 Å². The van der Waals surface area contributed by atoms with E-state index in [1.165, 1.54) is 5.56 Å². The number of guanidine groups is 1. The lowest BCUT2D eigenvalue weighted by atomic mass is 10.2. The van der Waals surface area contributed by atoms with Crippen LogP contribution in [0.5, 0.6) is 0 Å². The molecule has 1 aliphatic rings. The van der Waals surface area contributed by atoms with E-state index in [1.807, 2.05) is 6.07 Å². The molecule has 7 heteroatoms. The highest BCUT2D eigenvalue weighted by atomic mass is 127. The highest BCUT2D eigenvalue weighted by molar-refractivity contribution is 14.0. The number of aliphatic imine (C=N–C) groups is 1. The Morgan fingerprint density at radius 2 is 1.93 bits per heavy atom. The average molecular weight is 510 g/mol. The van der Waals surface area contributed by atoms with Gasteiger partial charge < -0.3 is 19.7 Å². The number of hydrogen-bond acceptors (Lipinski definition) is 4. The van der Waals surface area contributed by atoms with Crippen LogP contribution in [-0.4, -0.2) is 66.7 Å². The summed E-state index contributed by atoms with van der Waals surface area (Å²) in [6.45, 7) is 7.92. The number of hydrogen-bond donors (Lipinski definition) is 2. The first kappa shape index (κ1) is 23.4. The molecule has 0 radical (unpaired) electrons. The summed E-state index contributed by atoms with van der Waals surface area (Å²) in [6.07, 6.45) is 5.25. The summed E-state index contributed by atoms with van der Waals surface area (Å²) in [5.41, 5.74) is 1.23. The normalized spacial score (nSPS) is 16.6. The second-order valence-electron chi connectivity index (χ2n) is 6.83. The zero-order valence-corrected chi connectivity index (χ0v) is 19.2. The van der Waals surface area contributed by atoms with Crippen LogP contribution in [-0.2, 0) is 0 Å². The van der Waals surface area contributed by atoms with E-state index in [-0.39, 0.29) is 30.5 Å². The molecule has 1 aromatic heterocycles. The Morgan fingerprint density at radius 3 is 2.59 bits per heavy atom. The Kier molecular flexibility index (Phi) is 10.2. The summed E-state index contributed by atoms with van der Waals surface area (Å²) >= 11 is 0. The minimum atomic E-state index is -0.715. The molecule has 0 aliphatic carbocycles. The van der Waals surface area contributed by atoms with Crippen molar-refractivity contribution in [2.75, 3.05) is 45.8 Å². The summed E-state index contributed by atoms with van der Waals surface area (Å²) in [7, 11) is 0. The van der Waals surface area contributed by atoms with Gasteiger partial charge in [-0.05, 0) is 24.6 Å². The third-order valence-corrected chi connectivity index (χ3v) is 4.77. The molecule has 1 aliphatic heterocycles. The molecule has 0 saturated carbocycles. The third kappa shape index (κ3) is 7.49. The zero-order valence-electron chi connectivity index (χ0n) is 16.9. The van der Waals surface area contributed by atoms with Gasteiger partial charge in [0.2, 0.25) is 0 Å². The molecule has 1 unspecified atom stereocenters. The quantitative estimate of drug-likeness (QED) is 0.340. The summed E-state index contributed by atoms with van der Waals surface area (Å²) in [6, 6.07) is 13.9. The van der Waals surface area contributed by atoms with Gasteiger partial charge >= 0.3 is 0 Å². The van der Waals surface area contributed by atoms with Crippen LogP contribution in [0.15, 0.2) is 64.2 Å². The lowest BCUT2D eigenvalue weighted by molar-refractivity contribution is 0.157. The van der Waals surface area contributed by atoms with E-state index >= 15 is 0 Å². The predicted molar refractivity (Wildman–Crippen MR) is 129 cm³/mol. The number of piperazine rings is 1. The van der Waals surface area contributed by atoms with Crippen molar-refractivity contribution >= 4 is 36.0 Å². The summed E-state index contributed by atoms with van der Waals surface area (Å²) in [4.78, 5) is 9.31. The van der Waals surface area contributed by atoms with E-state index in [0.717, 1.165) is 45.2 Å². The maximum absolute atomic E-state index is 10.2. The fourth-order valence-electron chi connectivity index (χ4n) is 3.21. The summed E-state index contributed by atoms with van der Waals surface area (Å²) in [5, 5.41) is 13.5. The van der Waals surface area contributed by atoms with E-state index < -0.39 is 6.10 Å². The molecule has 1 aromatic carbocycles. The molecular weight excluding hydrogens is 479 g/mol. The van der Waals surface area contributed by atoms with Crippen molar-refractivity contribution < 1.29 is 9.52 Å². The van der Waals surface area contributed by atoms with Crippen LogP contribution in [0.4, 0.5) is 0 Å². The second-order valence-corrected chi connectivity index (χ2v) is 6.83. The molecule has 1 saturated heterocycles. The van der Waals surface area contributed by atoms with E-state index in [9.17, 15) is 5.11 Å². The lowest BCUT2D eigenvalue weighted by Crippen LogP contribution is -2.52. The first-order chi connectivity index (χ1) is 13.8. The molecule has 158 valence electrons. The maximum Gasteiger partial charge on any atom is 0.194 e. The molecule has 2 heterocycles. The number of furan rings is 1. The van der Waals surface area contributed by atoms with Gasteiger partial charge in [-0.25, -0.2) is 4.99 Å². The Bertz CT molecular complexity index is 741. The van der Waals surface area contributed by atoms with Crippen molar-refractivity contribution in [2.24, 2.45) is 4.99 Å². The third-order valence-electron chi connectivity index (χ3n) is 4.77. The largest absolute Gasteiger partial charge is 0.467 e. The fraction of sp³-hybridized carbons (Fsp3) is 0.409. The van der Waals surface area contributed by atoms with Crippen LogP contribution < -0.4 is 5.32 Å². The lowest BCUT2D eigenvalue weighted by Gasteiger charge is -2.36. The minimum Gasteiger partial charge on any atom is -0.467 e. The summed E-state index contributed by atoms with van der Waals surface area (Å²) < 4.78 is 5.25. The zero-order chi connectivity index (χ0) is 19.6. The van der Waals surface area contributed by atoms with Crippen molar-refractivity contribution in [3.63, 3.8) is 0 Å². The Hall–Kier alpha value is -1.84. The molecule has 2 aromatic rings. The number of aliphatic hydroxyl groups excluding tert-OH is 1. The minimum absolute atomic E-state index is 0. The molecule has 0 amide bonds. The van der Waals surface area contributed by atoms with Crippen LogP contribution in [0.2, 0.25) is 0 Å². The molecule has 2 N–H and O–H groups in total. The molecule has 0 spiro atoms. The topological polar surface area (TPSA) is 64.2 Å². The molecular formula is C22H31IN4O2. The van der Waals surface area contributed by atoms with Gasteiger partial charge in [0.15, 0.2) is 5.96 Å². The highest BCUT2D eigenvalue weighted by Gasteiger charge is 2.19. The SMILES string of the molecule is CCNC(=NCC(O)c1ccco1)N1CCN(C/C=C/c2ccccc2)CC1.I. The van der Waals surface area contributed by atoms with Gasteiger partial charge in [-0.15, -0.1) is 24.0 Å². The number of benzene rings is 1. The molecule has 0 bridgehead atoms. The number of aliphatic hydroxyl groups is 1. The van der Waals surface area contributed by atoms with Crippen molar-refractivity contribution in [3.8, 4) is 0 Å². The number of nitrogens with zero attached hydrogens (tertiary/aromatic N) is 3.